The standard InChI is InChI=1S/C25H30N2O2/c1-5-23-24(29-25(3,4)28-23)22(16-17-26)27(18-20-12-8-6-9-13-20)19(2)21-14-10-7-11-15-21/h5-15,19,22-24H,1,16,18H2,2-4H3/t19-,22+,23-,24+/m1/s1. The Hall–Kier alpha value is -2.45. The molecule has 2 aromatic carbocycles. The molecule has 2 aromatic rings. The topological polar surface area (TPSA) is 45.5 Å². The molecule has 1 saturated heterocycles. The predicted octanol–water partition coefficient (Wildman–Crippen LogP) is 5.24. The fraction of sp³-hybridized carbons (Fsp3) is 0.400. The lowest BCUT2D eigenvalue weighted by molar-refractivity contribution is -0.150. The number of rotatable bonds is 8. The number of nitrogens with zero attached hydrogens (tertiary/aromatic N) is 2. The van der Waals surface area contributed by atoms with Crippen molar-refractivity contribution < 1.29 is 9.47 Å². The second kappa shape index (κ2) is 9.37. The first-order valence-electron chi connectivity index (χ1n) is 10.1. The van der Waals surface area contributed by atoms with Crippen molar-refractivity contribution in [2.24, 2.45) is 0 Å². The third kappa shape index (κ3) is 5.13. The minimum absolute atomic E-state index is 0.104. The zero-order chi connectivity index (χ0) is 20.9. The van der Waals surface area contributed by atoms with E-state index in [1.165, 1.54) is 11.1 Å². The van der Waals surface area contributed by atoms with Gasteiger partial charge in [-0.2, -0.15) is 5.26 Å². The van der Waals surface area contributed by atoms with Crippen LogP contribution >= 0.6 is 0 Å². The summed E-state index contributed by atoms with van der Waals surface area (Å²) in [6.07, 6.45) is 1.61. The Morgan fingerprint density at radius 1 is 1.10 bits per heavy atom. The van der Waals surface area contributed by atoms with E-state index in [9.17, 15) is 5.26 Å². The Morgan fingerprint density at radius 3 is 2.31 bits per heavy atom. The molecular weight excluding hydrogens is 360 g/mol. The smallest absolute Gasteiger partial charge is 0.164 e. The van der Waals surface area contributed by atoms with Crippen molar-refractivity contribution in [2.45, 2.75) is 63.8 Å². The Balaban J connectivity index is 1.99. The maximum Gasteiger partial charge on any atom is 0.164 e. The van der Waals surface area contributed by atoms with Gasteiger partial charge in [-0.15, -0.1) is 6.58 Å². The van der Waals surface area contributed by atoms with Crippen molar-refractivity contribution in [1.82, 2.24) is 4.90 Å². The normalized spacial score (nSPS) is 22.7. The number of benzene rings is 2. The van der Waals surface area contributed by atoms with Crippen molar-refractivity contribution >= 4 is 0 Å². The van der Waals surface area contributed by atoms with Crippen LogP contribution in [0.2, 0.25) is 0 Å². The monoisotopic (exact) mass is 390 g/mol. The Kier molecular flexibility index (Phi) is 6.87. The summed E-state index contributed by atoms with van der Waals surface area (Å²) < 4.78 is 12.3. The average molecular weight is 391 g/mol. The van der Waals surface area contributed by atoms with Gasteiger partial charge < -0.3 is 9.47 Å². The van der Waals surface area contributed by atoms with Crippen LogP contribution in [0.25, 0.3) is 0 Å². The quantitative estimate of drug-likeness (QED) is 0.578. The highest BCUT2D eigenvalue weighted by atomic mass is 16.8. The third-order valence-corrected chi connectivity index (χ3v) is 5.49. The molecule has 0 radical (unpaired) electrons. The van der Waals surface area contributed by atoms with E-state index in [-0.39, 0.29) is 24.3 Å². The van der Waals surface area contributed by atoms with Gasteiger partial charge in [0, 0.05) is 12.6 Å². The van der Waals surface area contributed by atoms with E-state index in [1.807, 2.05) is 38.1 Å². The summed E-state index contributed by atoms with van der Waals surface area (Å²) in [6.45, 7) is 10.7. The molecule has 0 aromatic heterocycles. The lowest BCUT2D eigenvalue weighted by atomic mass is 9.96. The molecule has 152 valence electrons. The number of hydrogen-bond donors (Lipinski definition) is 0. The van der Waals surface area contributed by atoms with Crippen LogP contribution in [-0.4, -0.2) is 28.9 Å². The van der Waals surface area contributed by atoms with Crippen LogP contribution in [0.3, 0.4) is 0 Å². The summed E-state index contributed by atoms with van der Waals surface area (Å²) in [7, 11) is 0. The molecule has 29 heavy (non-hydrogen) atoms. The van der Waals surface area contributed by atoms with Gasteiger partial charge in [-0.05, 0) is 31.9 Å². The zero-order valence-electron chi connectivity index (χ0n) is 17.5. The average Bonchev–Trinajstić information content (AvgIpc) is 3.06. The fourth-order valence-corrected chi connectivity index (χ4v) is 4.07. The molecule has 4 heteroatoms. The molecule has 1 heterocycles. The van der Waals surface area contributed by atoms with Gasteiger partial charge in [-0.25, -0.2) is 0 Å². The largest absolute Gasteiger partial charge is 0.343 e. The number of nitriles is 1. The summed E-state index contributed by atoms with van der Waals surface area (Å²) in [5.41, 5.74) is 2.41. The summed E-state index contributed by atoms with van der Waals surface area (Å²) >= 11 is 0. The van der Waals surface area contributed by atoms with Crippen LogP contribution in [0, 0.1) is 11.3 Å². The molecule has 0 saturated carbocycles. The highest BCUT2D eigenvalue weighted by Crippen LogP contribution is 2.36. The summed E-state index contributed by atoms with van der Waals surface area (Å²) in [5, 5.41) is 9.65. The first kappa shape index (κ1) is 21.3. The van der Waals surface area contributed by atoms with Crippen LogP contribution in [0.4, 0.5) is 0 Å². The van der Waals surface area contributed by atoms with E-state index in [4.69, 9.17) is 9.47 Å². The van der Waals surface area contributed by atoms with E-state index in [0.29, 0.717) is 13.0 Å². The summed E-state index contributed by atoms with van der Waals surface area (Å²) in [6, 6.07) is 23.1. The van der Waals surface area contributed by atoms with E-state index >= 15 is 0 Å². The maximum absolute atomic E-state index is 9.65. The number of ether oxygens (including phenoxy) is 2. The predicted molar refractivity (Wildman–Crippen MR) is 115 cm³/mol. The molecule has 0 N–H and O–H groups in total. The van der Waals surface area contributed by atoms with Crippen LogP contribution < -0.4 is 0 Å². The highest BCUT2D eigenvalue weighted by Gasteiger charge is 2.46. The van der Waals surface area contributed by atoms with Crippen LogP contribution in [0.1, 0.15) is 44.4 Å². The first-order chi connectivity index (χ1) is 13.9. The van der Waals surface area contributed by atoms with E-state index < -0.39 is 5.79 Å². The van der Waals surface area contributed by atoms with Crippen molar-refractivity contribution in [1.29, 1.82) is 5.26 Å². The molecule has 0 unspecified atom stereocenters. The second-order valence-electron chi connectivity index (χ2n) is 7.97. The molecule has 1 fully saturated rings. The fourth-order valence-electron chi connectivity index (χ4n) is 4.07. The Morgan fingerprint density at radius 2 is 1.72 bits per heavy atom. The number of hydrogen-bond acceptors (Lipinski definition) is 4. The lowest BCUT2D eigenvalue weighted by Crippen LogP contribution is -2.48. The van der Waals surface area contributed by atoms with Gasteiger partial charge >= 0.3 is 0 Å². The molecule has 0 bridgehead atoms. The molecule has 4 atom stereocenters. The molecule has 0 amide bonds. The molecule has 1 aliphatic heterocycles. The Bertz CT molecular complexity index is 829. The van der Waals surface area contributed by atoms with Gasteiger partial charge in [0.25, 0.3) is 0 Å². The van der Waals surface area contributed by atoms with Gasteiger partial charge in [0.2, 0.25) is 0 Å². The van der Waals surface area contributed by atoms with Crippen molar-refractivity contribution in [3.63, 3.8) is 0 Å². The zero-order valence-corrected chi connectivity index (χ0v) is 17.5. The van der Waals surface area contributed by atoms with E-state index in [0.717, 1.165) is 0 Å². The molecule has 0 spiro atoms. The van der Waals surface area contributed by atoms with Gasteiger partial charge in [0.15, 0.2) is 5.79 Å². The third-order valence-electron chi connectivity index (χ3n) is 5.49. The van der Waals surface area contributed by atoms with Gasteiger partial charge in [0.1, 0.15) is 12.2 Å². The molecule has 3 rings (SSSR count). The second-order valence-corrected chi connectivity index (χ2v) is 7.97. The molecule has 1 aliphatic rings. The van der Waals surface area contributed by atoms with Gasteiger partial charge in [-0.1, -0.05) is 66.7 Å². The lowest BCUT2D eigenvalue weighted by Gasteiger charge is -2.39. The van der Waals surface area contributed by atoms with Crippen LogP contribution in [0.5, 0.6) is 0 Å². The van der Waals surface area contributed by atoms with Crippen LogP contribution in [0.15, 0.2) is 73.3 Å². The van der Waals surface area contributed by atoms with Crippen molar-refractivity contribution in [3.8, 4) is 6.07 Å². The first-order valence-corrected chi connectivity index (χ1v) is 10.1. The van der Waals surface area contributed by atoms with Gasteiger partial charge in [0.05, 0.1) is 18.5 Å². The minimum Gasteiger partial charge on any atom is -0.343 e. The molecule has 0 aliphatic carbocycles. The molecule has 4 nitrogen and oxygen atoms in total. The summed E-state index contributed by atoms with van der Waals surface area (Å²) in [4.78, 5) is 2.36. The Labute approximate surface area is 174 Å². The summed E-state index contributed by atoms with van der Waals surface area (Å²) in [5.74, 6) is -0.703. The van der Waals surface area contributed by atoms with Crippen molar-refractivity contribution in [3.05, 3.63) is 84.4 Å². The highest BCUT2D eigenvalue weighted by molar-refractivity contribution is 5.21. The van der Waals surface area contributed by atoms with E-state index in [2.05, 4.69) is 60.9 Å². The van der Waals surface area contributed by atoms with Gasteiger partial charge in [-0.3, -0.25) is 4.90 Å². The van der Waals surface area contributed by atoms with E-state index in [1.54, 1.807) is 6.08 Å². The van der Waals surface area contributed by atoms with Crippen LogP contribution in [-0.2, 0) is 16.0 Å². The van der Waals surface area contributed by atoms with Crippen molar-refractivity contribution in [2.75, 3.05) is 0 Å². The minimum atomic E-state index is -0.703. The molecular formula is C25H30N2O2. The SMILES string of the molecule is C=C[C@H]1OC(C)(C)O[C@H]1[C@H](CC#N)N(Cc1ccccc1)[C@H](C)c1ccccc1. The maximum atomic E-state index is 9.65.